The van der Waals surface area contributed by atoms with Gasteiger partial charge in [-0.05, 0) is 52.9 Å². The number of nitrogens with zero attached hydrogens (tertiary/aromatic N) is 4. The Morgan fingerprint density at radius 2 is 1.27 bits per heavy atom. The van der Waals surface area contributed by atoms with Crippen molar-refractivity contribution in [2.24, 2.45) is 0 Å². The van der Waals surface area contributed by atoms with Crippen molar-refractivity contribution in [2.75, 3.05) is 0 Å². The number of hydrogen-bond acceptors (Lipinski definition) is 4. The van der Waals surface area contributed by atoms with Crippen molar-refractivity contribution >= 4 is 76.8 Å². The van der Waals surface area contributed by atoms with Crippen LogP contribution < -0.4 is 0 Å². The van der Waals surface area contributed by atoms with E-state index in [0.29, 0.717) is 16.6 Å². The molecule has 1 N–H and O–H groups in total. The third-order valence-corrected chi connectivity index (χ3v) is 11.8. The van der Waals surface area contributed by atoms with Crippen LogP contribution in [0.4, 0.5) is 0 Å². The van der Waals surface area contributed by atoms with Gasteiger partial charge in [0.05, 0.1) is 38.4 Å². The average Bonchev–Trinajstić information content (AvgIpc) is 3.83. The molecule has 6 nitrogen and oxygen atoms in total. The summed E-state index contributed by atoms with van der Waals surface area (Å²) in [5.41, 5.74) is 14.6. The molecule has 7 aromatic carbocycles. The summed E-state index contributed by atoms with van der Waals surface area (Å²) in [5, 5.41) is 16.9. The number of rotatable bonds is 3. The molecular formula is C52H35N4O2Pt-. The molecule has 0 fully saturated rings. The van der Waals surface area contributed by atoms with Crippen LogP contribution in [-0.2, 0) is 26.5 Å². The molecule has 5 aromatic heterocycles. The van der Waals surface area contributed by atoms with Crippen molar-refractivity contribution in [3.8, 4) is 39.3 Å². The molecule has 0 amide bonds. The molecule has 0 saturated carbocycles. The summed E-state index contributed by atoms with van der Waals surface area (Å²) >= 11 is 0. The van der Waals surface area contributed by atoms with E-state index in [9.17, 15) is 5.11 Å². The van der Waals surface area contributed by atoms with Crippen LogP contribution in [0.1, 0.15) is 26.3 Å². The van der Waals surface area contributed by atoms with E-state index < -0.39 is 0 Å². The number of phenols is 1. The molecule has 7 heteroatoms. The van der Waals surface area contributed by atoms with Gasteiger partial charge in [0.15, 0.2) is 11.2 Å². The van der Waals surface area contributed by atoms with Gasteiger partial charge in [-0.15, -0.1) is 29.3 Å². The number of fused-ring (bicyclic) bond motifs is 14. The molecule has 5 heterocycles. The van der Waals surface area contributed by atoms with E-state index in [1.54, 1.807) is 0 Å². The zero-order valence-electron chi connectivity index (χ0n) is 32.4. The van der Waals surface area contributed by atoms with Crippen molar-refractivity contribution in [3.63, 3.8) is 0 Å². The molecule has 286 valence electrons. The Morgan fingerprint density at radius 1 is 0.610 bits per heavy atom. The average molecular weight is 943 g/mol. The fourth-order valence-electron chi connectivity index (χ4n) is 9.11. The molecule has 0 spiro atoms. The number of hydrogen-bond donors (Lipinski definition) is 1. The summed E-state index contributed by atoms with van der Waals surface area (Å²) in [6.07, 6.45) is 1.88. The predicted octanol–water partition coefficient (Wildman–Crippen LogP) is 13.3. The van der Waals surface area contributed by atoms with Crippen molar-refractivity contribution in [2.45, 2.75) is 26.2 Å². The molecule has 0 aliphatic heterocycles. The van der Waals surface area contributed by atoms with E-state index in [0.717, 1.165) is 93.7 Å². The van der Waals surface area contributed by atoms with Gasteiger partial charge in [0, 0.05) is 49.1 Å². The Balaban J connectivity index is 0.00000397. The van der Waals surface area contributed by atoms with Crippen LogP contribution in [0, 0.1) is 6.07 Å². The third-order valence-electron chi connectivity index (χ3n) is 11.8. The van der Waals surface area contributed by atoms with Crippen molar-refractivity contribution < 1.29 is 30.6 Å². The third kappa shape index (κ3) is 5.09. The van der Waals surface area contributed by atoms with E-state index in [1.807, 2.05) is 48.7 Å². The number of benzene rings is 7. The molecule has 12 aromatic rings. The van der Waals surface area contributed by atoms with E-state index in [-0.39, 0.29) is 32.2 Å². The van der Waals surface area contributed by atoms with Crippen molar-refractivity contribution in [3.05, 3.63) is 163 Å². The molecule has 12 rings (SSSR count). The van der Waals surface area contributed by atoms with Gasteiger partial charge in [-0.1, -0.05) is 129 Å². The first kappa shape index (κ1) is 35.4. The van der Waals surface area contributed by atoms with Crippen LogP contribution in [-0.4, -0.2) is 23.9 Å². The predicted molar refractivity (Wildman–Crippen MR) is 237 cm³/mol. The summed E-state index contributed by atoms with van der Waals surface area (Å²) in [5.74, 6) is 0.187. The number of aromatic nitrogens is 4. The second-order valence-electron chi connectivity index (χ2n) is 16.3. The van der Waals surface area contributed by atoms with Gasteiger partial charge in [0.2, 0.25) is 0 Å². The van der Waals surface area contributed by atoms with E-state index in [2.05, 4.69) is 139 Å². The Hall–Kier alpha value is -6.75. The van der Waals surface area contributed by atoms with E-state index in [1.165, 1.54) is 5.56 Å². The molecule has 0 saturated heterocycles. The molecular weight excluding hydrogens is 908 g/mol. The summed E-state index contributed by atoms with van der Waals surface area (Å²) in [4.78, 5) is 10.4. The van der Waals surface area contributed by atoms with Gasteiger partial charge in [0.1, 0.15) is 16.9 Å². The zero-order chi connectivity index (χ0) is 38.9. The molecule has 0 unspecified atom stereocenters. The minimum absolute atomic E-state index is 0. The first-order chi connectivity index (χ1) is 28.3. The topological polar surface area (TPSA) is 68.0 Å². The first-order valence-corrected chi connectivity index (χ1v) is 19.6. The maximum atomic E-state index is 12.7. The zero-order valence-corrected chi connectivity index (χ0v) is 34.7. The number of imidazole rings is 1. The van der Waals surface area contributed by atoms with Crippen LogP contribution in [0.3, 0.4) is 0 Å². The molecule has 0 atom stereocenters. The second-order valence-corrected chi connectivity index (χ2v) is 16.3. The van der Waals surface area contributed by atoms with Crippen LogP contribution >= 0.6 is 0 Å². The van der Waals surface area contributed by atoms with Gasteiger partial charge in [-0.3, -0.25) is 9.38 Å². The summed E-state index contributed by atoms with van der Waals surface area (Å²) in [6.45, 7) is 6.71. The first-order valence-electron chi connectivity index (χ1n) is 19.6. The summed E-state index contributed by atoms with van der Waals surface area (Å²) in [7, 11) is 0. The second kappa shape index (κ2) is 12.9. The standard InChI is InChI=1S/C52H35N4O2.Pt/c1-52(2,3)34-27-32(26-33(28-34)38-29-31(24-25-53-38)30-14-5-4-6-15-30)35-18-13-22-42-47(35)54-51-46-44(36-16-7-10-20-40(36)56(42)51)50-48-45(49(46)57)37-17-8-9-19-39(37)55(48)41-21-11-12-23-43(41)58-50;/h4-25,27-29,57H,1-3H3;/q-1;. The molecule has 0 bridgehead atoms. The van der Waals surface area contributed by atoms with Gasteiger partial charge >= 0.3 is 0 Å². The molecule has 0 radical (unpaired) electrons. The van der Waals surface area contributed by atoms with Crippen molar-refractivity contribution in [1.82, 2.24) is 18.8 Å². The normalized spacial score (nSPS) is 12.3. The monoisotopic (exact) mass is 942 g/mol. The van der Waals surface area contributed by atoms with Crippen LogP contribution in [0.15, 0.2) is 156 Å². The van der Waals surface area contributed by atoms with Crippen LogP contribution in [0.25, 0.3) is 110 Å². The Labute approximate surface area is 353 Å². The number of pyridine rings is 2. The summed E-state index contributed by atoms with van der Waals surface area (Å²) in [6, 6.07) is 53.9. The summed E-state index contributed by atoms with van der Waals surface area (Å²) < 4.78 is 11.4. The molecule has 0 aliphatic rings. The minimum Gasteiger partial charge on any atom is -0.506 e. The fraction of sp³-hybridized carbons (Fsp3) is 0.0769. The Morgan fingerprint density at radius 3 is 2.05 bits per heavy atom. The number of para-hydroxylation sites is 5. The Bertz CT molecular complexity index is 3680. The van der Waals surface area contributed by atoms with E-state index in [4.69, 9.17) is 14.4 Å². The van der Waals surface area contributed by atoms with E-state index >= 15 is 0 Å². The molecule has 0 aliphatic carbocycles. The van der Waals surface area contributed by atoms with Gasteiger partial charge in [-0.25, -0.2) is 4.98 Å². The minimum atomic E-state index is -0.148. The van der Waals surface area contributed by atoms with Crippen LogP contribution in [0.2, 0.25) is 0 Å². The van der Waals surface area contributed by atoms with Gasteiger partial charge in [-0.2, -0.15) is 0 Å². The Kier molecular flexibility index (Phi) is 7.73. The largest absolute Gasteiger partial charge is 0.506 e. The fourth-order valence-corrected chi connectivity index (χ4v) is 9.11. The van der Waals surface area contributed by atoms with Crippen molar-refractivity contribution in [1.29, 1.82) is 0 Å². The quantitative estimate of drug-likeness (QED) is 0.109. The molecule has 59 heavy (non-hydrogen) atoms. The number of phenolic OH excluding ortho intramolecular Hbond substituents is 1. The maximum absolute atomic E-state index is 12.7. The number of aromatic hydroxyl groups is 1. The van der Waals surface area contributed by atoms with Gasteiger partial charge < -0.3 is 13.9 Å². The maximum Gasteiger partial charge on any atom is 0.161 e. The van der Waals surface area contributed by atoms with Gasteiger partial charge in [0.25, 0.3) is 0 Å². The smallest absolute Gasteiger partial charge is 0.161 e. The SMILES string of the molecule is CC(C)(C)c1cc(-c2cc(-c3ccccc3)ccn2)[c-]c(-c2cccc3c2nc2c4c(O)c5c6ccccc6n6c7ccccc7oc(c4c4ccccc4n32)c56)c1.[Pt]. The van der Waals surface area contributed by atoms with Crippen LogP contribution in [0.5, 0.6) is 5.75 Å².